The van der Waals surface area contributed by atoms with Crippen molar-refractivity contribution >= 4 is 5.91 Å². The molecule has 5 nitrogen and oxygen atoms in total. The zero-order chi connectivity index (χ0) is 16.1. The van der Waals surface area contributed by atoms with Crippen molar-refractivity contribution in [2.75, 3.05) is 19.9 Å². The van der Waals surface area contributed by atoms with Gasteiger partial charge in [0.05, 0.1) is 0 Å². The third-order valence-corrected chi connectivity index (χ3v) is 3.37. The smallest absolute Gasteiger partial charge is 0.257 e. The lowest BCUT2D eigenvalue weighted by Crippen LogP contribution is -2.30. The van der Waals surface area contributed by atoms with Crippen LogP contribution in [-0.4, -0.2) is 25.9 Å². The number of carbonyl (C=O) groups excluding carboxylic acids is 1. The number of carbonyl (C=O) groups is 1. The van der Waals surface area contributed by atoms with Gasteiger partial charge < -0.3 is 19.5 Å². The summed E-state index contributed by atoms with van der Waals surface area (Å²) in [4.78, 5) is 11.7. The van der Waals surface area contributed by atoms with Gasteiger partial charge in [-0.1, -0.05) is 18.2 Å². The summed E-state index contributed by atoms with van der Waals surface area (Å²) in [5.74, 6) is 0.737. The summed E-state index contributed by atoms with van der Waals surface area (Å²) in [6.07, 6.45) is 0.655. The first kappa shape index (κ1) is 15.1. The van der Waals surface area contributed by atoms with Crippen LogP contribution in [0, 0.1) is 5.82 Å². The first-order valence-corrected chi connectivity index (χ1v) is 7.25. The number of nitrogens with one attached hydrogen (secondary N) is 1. The molecule has 23 heavy (non-hydrogen) atoms. The van der Waals surface area contributed by atoms with Crippen molar-refractivity contribution in [1.82, 2.24) is 5.32 Å². The van der Waals surface area contributed by atoms with Gasteiger partial charge in [0, 0.05) is 6.54 Å². The quantitative estimate of drug-likeness (QED) is 0.888. The predicted octanol–water partition coefficient (Wildman–Crippen LogP) is 2.29. The summed E-state index contributed by atoms with van der Waals surface area (Å²) in [6, 6.07) is 11.6. The average molecular weight is 317 g/mol. The van der Waals surface area contributed by atoms with E-state index in [4.69, 9.17) is 14.2 Å². The van der Waals surface area contributed by atoms with E-state index in [0.29, 0.717) is 13.0 Å². The normalized spacial score (nSPS) is 12.0. The first-order valence-electron chi connectivity index (χ1n) is 7.25. The molecule has 3 rings (SSSR count). The molecule has 1 aliphatic rings. The van der Waals surface area contributed by atoms with E-state index >= 15 is 0 Å². The number of amides is 1. The van der Waals surface area contributed by atoms with Crippen LogP contribution >= 0.6 is 0 Å². The van der Waals surface area contributed by atoms with Gasteiger partial charge in [0.1, 0.15) is 0 Å². The Kier molecular flexibility index (Phi) is 4.61. The summed E-state index contributed by atoms with van der Waals surface area (Å²) in [7, 11) is 0. The van der Waals surface area contributed by atoms with E-state index in [9.17, 15) is 9.18 Å². The Labute approximate surface area is 133 Å². The van der Waals surface area contributed by atoms with Gasteiger partial charge in [0.2, 0.25) is 6.79 Å². The molecule has 1 N–H and O–H groups in total. The van der Waals surface area contributed by atoms with Crippen LogP contribution in [0.5, 0.6) is 17.2 Å². The van der Waals surface area contributed by atoms with E-state index in [1.54, 1.807) is 12.1 Å². The molecule has 0 radical (unpaired) electrons. The number of fused-ring (bicyclic) bond motifs is 1. The maximum atomic E-state index is 13.3. The number of hydrogen-bond donors (Lipinski definition) is 1. The summed E-state index contributed by atoms with van der Waals surface area (Å²) >= 11 is 0. The average Bonchev–Trinajstić information content (AvgIpc) is 3.02. The highest BCUT2D eigenvalue weighted by Crippen LogP contribution is 2.32. The molecule has 0 unspecified atom stereocenters. The van der Waals surface area contributed by atoms with Crippen molar-refractivity contribution in [2.24, 2.45) is 0 Å². The minimum absolute atomic E-state index is 0.0680. The lowest BCUT2D eigenvalue weighted by atomic mass is 10.1. The molecule has 0 aromatic heterocycles. The Morgan fingerprint density at radius 1 is 1.17 bits per heavy atom. The van der Waals surface area contributed by atoms with Crippen molar-refractivity contribution in [2.45, 2.75) is 6.42 Å². The zero-order valence-electron chi connectivity index (χ0n) is 12.4. The van der Waals surface area contributed by atoms with Gasteiger partial charge in [-0.15, -0.1) is 0 Å². The highest BCUT2D eigenvalue weighted by Gasteiger charge is 2.13. The fourth-order valence-electron chi connectivity index (χ4n) is 2.20. The van der Waals surface area contributed by atoms with Crippen molar-refractivity contribution in [3.05, 3.63) is 53.8 Å². The molecule has 0 fully saturated rings. The molecule has 0 spiro atoms. The number of benzene rings is 2. The van der Waals surface area contributed by atoms with Gasteiger partial charge >= 0.3 is 0 Å². The fraction of sp³-hybridized carbons (Fsp3) is 0.235. The Morgan fingerprint density at radius 3 is 2.87 bits per heavy atom. The van der Waals surface area contributed by atoms with E-state index in [0.717, 1.165) is 17.1 Å². The lowest BCUT2D eigenvalue weighted by Gasteiger charge is -2.08. The van der Waals surface area contributed by atoms with E-state index in [1.165, 1.54) is 12.1 Å². The molecule has 120 valence electrons. The third kappa shape index (κ3) is 3.91. The molecule has 2 aromatic rings. The Morgan fingerprint density at radius 2 is 2.00 bits per heavy atom. The van der Waals surface area contributed by atoms with Crippen LogP contribution in [0.15, 0.2) is 42.5 Å². The monoisotopic (exact) mass is 317 g/mol. The van der Waals surface area contributed by atoms with Gasteiger partial charge in [-0.25, -0.2) is 4.39 Å². The standard InChI is InChI=1S/C17H16FNO4/c18-13-3-1-2-4-14(13)21-10-17(20)19-8-7-12-5-6-15-16(9-12)23-11-22-15/h1-6,9H,7-8,10-11H2,(H,19,20). The number of rotatable bonds is 6. The number of halogens is 1. The largest absolute Gasteiger partial charge is 0.481 e. The van der Waals surface area contributed by atoms with Gasteiger partial charge in [-0.2, -0.15) is 0 Å². The van der Waals surface area contributed by atoms with Gasteiger partial charge in [-0.3, -0.25) is 4.79 Å². The summed E-state index contributed by atoms with van der Waals surface area (Å²) in [6.45, 7) is 0.476. The molecule has 0 saturated carbocycles. The zero-order valence-corrected chi connectivity index (χ0v) is 12.4. The van der Waals surface area contributed by atoms with E-state index in [2.05, 4.69) is 5.32 Å². The second-order valence-corrected chi connectivity index (χ2v) is 5.01. The Bertz CT molecular complexity index is 705. The maximum Gasteiger partial charge on any atom is 0.257 e. The van der Waals surface area contributed by atoms with Crippen molar-refractivity contribution < 1.29 is 23.4 Å². The molecule has 1 aliphatic heterocycles. The first-order chi connectivity index (χ1) is 11.2. The topological polar surface area (TPSA) is 56.8 Å². The van der Waals surface area contributed by atoms with Gasteiger partial charge in [-0.05, 0) is 36.2 Å². The van der Waals surface area contributed by atoms with Crippen LogP contribution in [0.25, 0.3) is 0 Å². The fourth-order valence-corrected chi connectivity index (χ4v) is 2.20. The van der Waals surface area contributed by atoms with E-state index in [1.807, 2.05) is 18.2 Å². The van der Waals surface area contributed by atoms with Crippen LogP contribution < -0.4 is 19.5 Å². The van der Waals surface area contributed by atoms with Crippen LogP contribution in [0.4, 0.5) is 4.39 Å². The van der Waals surface area contributed by atoms with E-state index in [-0.39, 0.29) is 25.1 Å². The summed E-state index contributed by atoms with van der Waals surface area (Å²) < 4.78 is 29.0. The molecule has 0 aliphatic carbocycles. The molecule has 1 amide bonds. The SMILES string of the molecule is O=C(COc1ccccc1F)NCCc1ccc2c(c1)OCO2. The minimum atomic E-state index is -0.486. The molecule has 2 aromatic carbocycles. The van der Waals surface area contributed by atoms with Crippen LogP contribution in [0.1, 0.15) is 5.56 Å². The highest BCUT2D eigenvalue weighted by molar-refractivity contribution is 5.77. The summed E-state index contributed by atoms with van der Waals surface area (Å²) in [5, 5.41) is 2.73. The third-order valence-electron chi connectivity index (χ3n) is 3.37. The predicted molar refractivity (Wildman–Crippen MR) is 81.2 cm³/mol. The van der Waals surface area contributed by atoms with Crippen LogP contribution in [0.3, 0.4) is 0 Å². The van der Waals surface area contributed by atoms with Crippen molar-refractivity contribution in [3.63, 3.8) is 0 Å². The Balaban J connectivity index is 1.42. The molecule has 0 saturated heterocycles. The van der Waals surface area contributed by atoms with Crippen molar-refractivity contribution in [3.8, 4) is 17.2 Å². The highest BCUT2D eigenvalue weighted by atomic mass is 19.1. The number of hydrogen-bond acceptors (Lipinski definition) is 4. The van der Waals surface area contributed by atoms with Crippen LogP contribution in [-0.2, 0) is 11.2 Å². The second-order valence-electron chi connectivity index (χ2n) is 5.01. The maximum absolute atomic E-state index is 13.3. The molecule has 0 bridgehead atoms. The molecule has 1 heterocycles. The Hall–Kier alpha value is -2.76. The lowest BCUT2D eigenvalue weighted by molar-refractivity contribution is -0.123. The van der Waals surface area contributed by atoms with Gasteiger partial charge in [0.15, 0.2) is 29.7 Å². The number of ether oxygens (including phenoxy) is 3. The second kappa shape index (κ2) is 7.00. The van der Waals surface area contributed by atoms with Gasteiger partial charge in [0.25, 0.3) is 5.91 Å². The molecular weight excluding hydrogens is 301 g/mol. The van der Waals surface area contributed by atoms with E-state index < -0.39 is 5.82 Å². The number of para-hydroxylation sites is 1. The minimum Gasteiger partial charge on any atom is -0.481 e. The molecule has 6 heteroatoms. The van der Waals surface area contributed by atoms with Crippen molar-refractivity contribution in [1.29, 1.82) is 0 Å². The molecule has 0 atom stereocenters. The molecular formula is C17H16FNO4. The summed E-state index contributed by atoms with van der Waals surface area (Å²) in [5.41, 5.74) is 1.03. The van der Waals surface area contributed by atoms with Crippen LogP contribution in [0.2, 0.25) is 0 Å².